The average Bonchev–Trinajstić information content (AvgIpc) is 2.67. The van der Waals surface area contributed by atoms with Gasteiger partial charge in [0.15, 0.2) is 0 Å². The number of benzene rings is 1. The van der Waals surface area contributed by atoms with Gasteiger partial charge in [-0.25, -0.2) is 10.3 Å². The smallest absolute Gasteiger partial charge is 0.332 e. The van der Waals surface area contributed by atoms with E-state index in [1.165, 1.54) is 21.0 Å². The Kier molecular flexibility index (Phi) is 9.09. The molecule has 1 heterocycles. The second-order valence-corrected chi connectivity index (χ2v) is 6.54. The van der Waals surface area contributed by atoms with Crippen LogP contribution in [0.15, 0.2) is 27.8 Å². The number of hydroxylamine groups is 1. The number of nitrogens with one attached hydrogen (secondary N) is 2. The van der Waals surface area contributed by atoms with Gasteiger partial charge in [0.25, 0.3) is 11.5 Å². The second-order valence-electron chi connectivity index (χ2n) is 6.13. The predicted octanol–water partition coefficient (Wildman–Crippen LogP) is 1.86. The van der Waals surface area contributed by atoms with E-state index in [9.17, 15) is 19.5 Å². The third-order valence-electron chi connectivity index (χ3n) is 3.76. The van der Waals surface area contributed by atoms with Crippen LogP contribution in [-0.4, -0.2) is 32.9 Å². The molecule has 0 fully saturated rings. The quantitative estimate of drug-likeness (QED) is 0.607. The van der Waals surface area contributed by atoms with Crippen LogP contribution in [0.5, 0.6) is 0 Å². The number of halogens is 1. The largest absolute Gasteiger partial charge is 0.391 e. The predicted molar refractivity (Wildman–Crippen MR) is 113 cm³/mol. The number of carbonyl (C=O) groups excluding carboxylic acids is 1. The Bertz CT molecular complexity index is 982. The highest BCUT2D eigenvalue weighted by atomic mass is 35.5. The van der Waals surface area contributed by atoms with Crippen molar-refractivity contribution in [1.29, 1.82) is 0 Å². The lowest BCUT2D eigenvalue weighted by Crippen LogP contribution is -2.43. The SMILES string of the molecule is CC.Cc1ccc(Nc2c(C(=O)NOCC(C)O)c(=O)n(C)c(=O)n2C)c(Cl)c1. The van der Waals surface area contributed by atoms with Gasteiger partial charge in [-0.05, 0) is 31.5 Å². The van der Waals surface area contributed by atoms with E-state index < -0.39 is 23.3 Å². The average molecular weight is 427 g/mol. The Morgan fingerprint density at radius 2 is 1.86 bits per heavy atom. The molecule has 1 aromatic carbocycles. The van der Waals surface area contributed by atoms with Crippen LogP contribution in [0.1, 0.15) is 36.7 Å². The molecule has 9 nitrogen and oxygen atoms in total. The van der Waals surface area contributed by atoms with Crippen molar-refractivity contribution in [2.75, 3.05) is 11.9 Å². The number of carbonyl (C=O) groups is 1. The molecule has 1 atom stereocenters. The number of anilines is 2. The molecule has 29 heavy (non-hydrogen) atoms. The fraction of sp³-hybridized carbons (Fsp3) is 0.421. The van der Waals surface area contributed by atoms with Crippen molar-refractivity contribution < 1.29 is 14.7 Å². The summed E-state index contributed by atoms with van der Waals surface area (Å²) in [7, 11) is 2.68. The molecule has 0 spiro atoms. The zero-order valence-electron chi connectivity index (χ0n) is 17.4. The molecule has 0 radical (unpaired) electrons. The first-order valence-electron chi connectivity index (χ1n) is 9.06. The van der Waals surface area contributed by atoms with Gasteiger partial charge in [0.1, 0.15) is 18.0 Å². The highest BCUT2D eigenvalue weighted by molar-refractivity contribution is 6.33. The summed E-state index contributed by atoms with van der Waals surface area (Å²) in [6, 6.07) is 5.17. The van der Waals surface area contributed by atoms with Crippen LogP contribution in [0, 0.1) is 6.92 Å². The number of aromatic nitrogens is 2. The zero-order valence-corrected chi connectivity index (χ0v) is 18.1. The Balaban J connectivity index is 0.00000204. The molecule has 1 aromatic heterocycles. The summed E-state index contributed by atoms with van der Waals surface area (Å²) in [5.74, 6) is -0.899. The van der Waals surface area contributed by atoms with Gasteiger partial charge in [-0.1, -0.05) is 31.5 Å². The molecule has 0 saturated carbocycles. The Morgan fingerprint density at radius 3 is 2.41 bits per heavy atom. The molecule has 0 aliphatic carbocycles. The van der Waals surface area contributed by atoms with E-state index in [0.717, 1.165) is 14.7 Å². The van der Waals surface area contributed by atoms with E-state index >= 15 is 0 Å². The minimum Gasteiger partial charge on any atom is -0.391 e. The summed E-state index contributed by atoms with van der Waals surface area (Å²) in [5.41, 5.74) is 1.69. The van der Waals surface area contributed by atoms with Crippen LogP contribution in [0.25, 0.3) is 0 Å². The van der Waals surface area contributed by atoms with Crippen LogP contribution in [0.4, 0.5) is 11.5 Å². The second kappa shape index (κ2) is 10.8. The van der Waals surface area contributed by atoms with Crippen LogP contribution in [0.2, 0.25) is 5.02 Å². The molecular formula is C19H27ClN4O5. The summed E-state index contributed by atoms with van der Waals surface area (Å²) in [5, 5.41) is 12.4. The molecule has 3 N–H and O–H groups in total. The first-order chi connectivity index (χ1) is 13.6. The monoisotopic (exact) mass is 426 g/mol. The van der Waals surface area contributed by atoms with Crippen molar-refractivity contribution in [3.8, 4) is 0 Å². The molecule has 0 bridgehead atoms. The first kappa shape index (κ1) is 24.4. The maximum atomic E-state index is 12.5. The highest BCUT2D eigenvalue weighted by Gasteiger charge is 2.23. The molecule has 0 aliphatic rings. The van der Waals surface area contributed by atoms with E-state index in [1.54, 1.807) is 18.2 Å². The lowest BCUT2D eigenvalue weighted by molar-refractivity contribution is -0.00696. The van der Waals surface area contributed by atoms with E-state index in [0.29, 0.717) is 10.7 Å². The number of hydrogen-bond acceptors (Lipinski definition) is 6. The van der Waals surface area contributed by atoms with Crippen molar-refractivity contribution in [2.24, 2.45) is 14.1 Å². The summed E-state index contributed by atoms with van der Waals surface area (Å²) >= 11 is 6.21. The number of hydrogen-bond donors (Lipinski definition) is 3. The molecule has 10 heteroatoms. The third kappa shape index (κ3) is 5.93. The molecule has 2 aromatic rings. The molecule has 160 valence electrons. The molecule has 2 rings (SSSR count). The van der Waals surface area contributed by atoms with Gasteiger partial charge >= 0.3 is 5.69 Å². The maximum Gasteiger partial charge on any atom is 0.332 e. The summed E-state index contributed by atoms with van der Waals surface area (Å²) in [6.45, 7) is 7.18. The summed E-state index contributed by atoms with van der Waals surface area (Å²) in [6.07, 6.45) is -0.808. The fourth-order valence-corrected chi connectivity index (χ4v) is 2.61. The molecule has 1 unspecified atom stereocenters. The summed E-state index contributed by atoms with van der Waals surface area (Å²) in [4.78, 5) is 42.2. The Morgan fingerprint density at radius 1 is 1.24 bits per heavy atom. The minimum absolute atomic E-state index is 0.0352. The van der Waals surface area contributed by atoms with Crippen molar-refractivity contribution >= 4 is 29.0 Å². The van der Waals surface area contributed by atoms with Gasteiger partial charge in [-0.3, -0.25) is 23.6 Å². The van der Waals surface area contributed by atoms with Gasteiger partial charge in [-0.15, -0.1) is 0 Å². The Labute approximate surface area is 173 Å². The highest BCUT2D eigenvalue weighted by Crippen LogP contribution is 2.26. The van der Waals surface area contributed by atoms with Gasteiger partial charge in [-0.2, -0.15) is 0 Å². The number of aryl methyl sites for hydroxylation is 1. The van der Waals surface area contributed by atoms with Gasteiger partial charge in [0.2, 0.25) is 0 Å². The van der Waals surface area contributed by atoms with Crippen LogP contribution < -0.4 is 22.0 Å². The lowest BCUT2D eigenvalue weighted by Gasteiger charge is -2.17. The van der Waals surface area contributed by atoms with Crippen molar-refractivity contribution in [3.05, 3.63) is 55.2 Å². The summed E-state index contributed by atoms with van der Waals surface area (Å²) < 4.78 is 1.94. The van der Waals surface area contributed by atoms with Crippen molar-refractivity contribution in [1.82, 2.24) is 14.6 Å². The number of aliphatic hydroxyl groups excluding tert-OH is 1. The van der Waals surface area contributed by atoms with E-state index in [1.807, 2.05) is 20.8 Å². The topological polar surface area (TPSA) is 115 Å². The molecular weight excluding hydrogens is 400 g/mol. The maximum absolute atomic E-state index is 12.5. The van der Waals surface area contributed by atoms with Gasteiger partial charge in [0, 0.05) is 14.1 Å². The number of amides is 1. The third-order valence-corrected chi connectivity index (χ3v) is 4.07. The van der Waals surface area contributed by atoms with E-state index in [2.05, 4.69) is 10.8 Å². The normalized spacial score (nSPS) is 11.3. The number of rotatable bonds is 6. The van der Waals surface area contributed by atoms with Crippen LogP contribution in [0.3, 0.4) is 0 Å². The van der Waals surface area contributed by atoms with Gasteiger partial charge < -0.3 is 10.4 Å². The Hall–Kier alpha value is -2.62. The fourth-order valence-electron chi connectivity index (χ4n) is 2.32. The minimum atomic E-state index is -0.863. The molecule has 1 amide bonds. The standard InChI is InChI=1S/C17H21ClN4O5.C2H6/c1-9-5-6-12(11(18)7-9)19-14-13(15(24)20-27-8-10(2)23)16(25)22(4)17(26)21(14)3;1-2/h5-7,10,19,23H,8H2,1-4H3,(H,20,24);1-2H3. The molecule has 0 aliphatic heterocycles. The van der Waals surface area contributed by atoms with Crippen molar-refractivity contribution in [2.45, 2.75) is 33.8 Å². The van der Waals surface area contributed by atoms with E-state index in [-0.39, 0.29) is 18.0 Å². The number of nitrogens with zero attached hydrogens (tertiary/aromatic N) is 2. The first-order valence-corrected chi connectivity index (χ1v) is 9.44. The lowest BCUT2D eigenvalue weighted by atomic mass is 10.2. The zero-order chi connectivity index (χ0) is 22.3. The van der Waals surface area contributed by atoms with Crippen molar-refractivity contribution in [3.63, 3.8) is 0 Å². The number of aliphatic hydroxyl groups is 1. The van der Waals surface area contributed by atoms with E-state index in [4.69, 9.17) is 16.4 Å². The molecule has 0 saturated heterocycles. The van der Waals surface area contributed by atoms with Crippen LogP contribution in [-0.2, 0) is 18.9 Å². The van der Waals surface area contributed by atoms with Crippen LogP contribution >= 0.6 is 11.6 Å². The van der Waals surface area contributed by atoms with Gasteiger partial charge in [0.05, 0.1) is 16.8 Å².